The molecule has 3 aromatic carbocycles. The number of rotatable bonds is 17. The zero-order valence-corrected chi connectivity index (χ0v) is 39.5. The van der Waals surface area contributed by atoms with E-state index in [0.29, 0.717) is 5.56 Å². The number of aromatic hydroxyl groups is 1. The van der Waals surface area contributed by atoms with Crippen LogP contribution < -0.4 is 104 Å². The van der Waals surface area contributed by atoms with E-state index in [9.17, 15) is 54.2 Å². The number of fused-ring (bicyclic) bond motifs is 1. The molecule has 282 valence electrons. The van der Waals surface area contributed by atoms with Gasteiger partial charge in [-0.05, 0) is 41.3 Å². The molecule has 0 spiro atoms. The minimum absolute atomic E-state index is 0. The first-order valence-corrected chi connectivity index (χ1v) is 20.2. The van der Waals surface area contributed by atoms with Gasteiger partial charge in [0, 0.05) is 45.2 Å². The van der Waals surface area contributed by atoms with Gasteiger partial charge in [0.15, 0.2) is 5.16 Å². The molecule has 0 aliphatic rings. The maximum Gasteiger partial charge on any atom is 1.00 e. The molecule has 1 aromatic heterocycles. The quantitative estimate of drug-likeness (QED) is 0.0331. The Labute approximate surface area is 387 Å². The summed E-state index contributed by atoms with van der Waals surface area (Å²) in [6.07, 6.45) is 0. The van der Waals surface area contributed by atoms with Crippen LogP contribution in [0.5, 0.6) is 5.75 Å². The van der Waals surface area contributed by atoms with Gasteiger partial charge in [-0.25, -0.2) is 25.3 Å². The number of benzene rings is 3. The third-order valence-corrected chi connectivity index (χ3v) is 10.6. The van der Waals surface area contributed by atoms with Gasteiger partial charge in [0.2, 0.25) is 11.9 Å². The van der Waals surface area contributed by atoms with E-state index in [1.165, 1.54) is 41.1 Å². The summed E-state index contributed by atoms with van der Waals surface area (Å²) in [5, 5.41) is 40.8. The molecular formula is C28H31N8Na3O12S4. The number of hydrogen-bond donors (Lipinski definition) is 4. The van der Waals surface area contributed by atoms with Gasteiger partial charge in [-0.3, -0.25) is 0 Å². The Morgan fingerprint density at radius 2 is 1.47 bits per heavy atom. The van der Waals surface area contributed by atoms with Crippen LogP contribution in [-0.2, 0) is 36.9 Å². The molecule has 0 aliphatic carbocycles. The van der Waals surface area contributed by atoms with E-state index in [4.69, 9.17) is 0 Å². The molecule has 55 heavy (non-hydrogen) atoms. The standard InChI is InChI=1S/C28H34N8O12S4.3Na/c1-29-20-5-4-18-14-19(51(43,44)45)15-22(39)24(18)25(20)34-33-21-13-17(3-6-23(21)52(46,47)48)16-35(2)26-30-27(36(7-9-37)8-10-38)32-28(31-26)49-11-12-50(40,41)42;;;/h3-6,13-15,29,37-39H,7-12,16H2,1-2H3,(H,40,41,42)(H,43,44,45)(H,46,47,48);;;/q;3*+1/p-3. The first kappa shape index (κ1) is 51.7. The predicted octanol–water partition coefficient (Wildman–Crippen LogP) is -7.93. The number of anilines is 3. The second-order valence-corrected chi connectivity index (χ2v) is 16.1. The van der Waals surface area contributed by atoms with Crippen molar-refractivity contribution >= 4 is 81.8 Å². The van der Waals surface area contributed by atoms with E-state index in [0.717, 1.165) is 30.0 Å². The van der Waals surface area contributed by atoms with E-state index in [1.54, 1.807) is 7.05 Å². The van der Waals surface area contributed by atoms with Crippen LogP contribution in [0.4, 0.5) is 29.0 Å². The van der Waals surface area contributed by atoms with Crippen molar-refractivity contribution in [1.29, 1.82) is 0 Å². The summed E-state index contributed by atoms with van der Waals surface area (Å²) in [7, 11) is -11.5. The molecule has 4 N–H and O–H groups in total. The molecule has 0 bridgehead atoms. The summed E-state index contributed by atoms with van der Waals surface area (Å²) in [6.45, 7) is -0.647. The van der Waals surface area contributed by atoms with Gasteiger partial charge in [0.05, 0.1) is 44.2 Å². The second kappa shape index (κ2) is 22.2. The maximum atomic E-state index is 12.2. The molecule has 0 radical (unpaired) electrons. The molecule has 0 fully saturated rings. The van der Waals surface area contributed by atoms with Crippen molar-refractivity contribution in [3.63, 3.8) is 0 Å². The molecular weight excluding hydrogens is 838 g/mol. The number of hydrogen-bond acceptors (Lipinski definition) is 21. The Hall–Kier alpha value is -1.27. The first-order chi connectivity index (χ1) is 24.3. The van der Waals surface area contributed by atoms with Crippen molar-refractivity contribution < 1.29 is 143 Å². The first-order valence-electron chi connectivity index (χ1n) is 14.8. The summed E-state index contributed by atoms with van der Waals surface area (Å²) in [5.41, 5.74) is 0.142. The molecule has 0 saturated heterocycles. The molecule has 0 atom stereocenters. The number of azo groups is 1. The molecule has 27 heteroatoms. The van der Waals surface area contributed by atoms with Crippen molar-refractivity contribution in [3.05, 3.63) is 48.0 Å². The number of nitrogens with zero attached hydrogens (tertiary/aromatic N) is 7. The Morgan fingerprint density at radius 1 is 0.836 bits per heavy atom. The SMILES string of the molecule is CNc1ccc2cc(S(=O)(=O)[O-])cc(O)c2c1N=Nc1cc(CN(C)c2nc(SCCS(=O)(=O)[O-])nc(N(CCO)CCO)n2)ccc1S(=O)(=O)[O-].[Na+].[Na+].[Na+]. The van der Waals surface area contributed by atoms with Crippen molar-refractivity contribution in [3.8, 4) is 5.75 Å². The third-order valence-electron chi connectivity index (χ3n) is 7.09. The Bertz CT molecular complexity index is 2320. The largest absolute Gasteiger partial charge is 1.00 e. The van der Waals surface area contributed by atoms with Crippen LogP contribution in [0.3, 0.4) is 0 Å². The van der Waals surface area contributed by atoms with Gasteiger partial charge < -0.3 is 44.1 Å². The number of phenolic OH excluding ortho intramolecular Hbond substituents is 1. The van der Waals surface area contributed by atoms with E-state index >= 15 is 0 Å². The Balaban J connectivity index is 0.00000504. The van der Waals surface area contributed by atoms with Crippen LogP contribution in [0.1, 0.15) is 5.56 Å². The maximum absolute atomic E-state index is 12.2. The molecule has 20 nitrogen and oxygen atoms in total. The molecule has 4 aromatic rings. The number of aliphatic hydroxyl groups is 2. The van der Waals surface area contributed by atoms with Gasteiger partial charge >= 0.3 is 88.7 Å². The summed E-state index contributed by atoms with van der Waals surface area (Å²) < 4.78 is 105. The summed E-state index contributed by atoms with van der Waals surface area (Å²) >= 11 is 0.854. The zero-order valence-electron chi connectivity index (χ0n) is 30.3. The zero-order chi connectivity index (χ0) is 38.4. The Kier molecular flexibility index (Phi) is 20.9. The number of aliphatic hydroxyl groups excluding tert-OH is 2. The summed E-state index contributed by atoms with van der Waals surface area (Å²) in [6, 6.07) is 8.21. The number of phenols is 1. The molecule has 0 aliphatic heterocycles. The number of nitrogens with one attached hydrogen (secondary N) is 1. The van der Waals surface area contributed by atoms with Crippen molar-refractivity contribution in [2.75, 3.05) is 67.0 Å². The second-order valence-electron chi connectivity index (χ2n) is 10.8. The monoisotopic (exact) mass is 868 g/mol. The predicted molar refractivity (Wildman–Crippen MR) is 185 cm³/mol. The van der Waals surface area contributed by atoms with Gasteiger partial charge in [0.25, 0.3) is 0 Å². The average Bonchev–Trinajstić information content (AvgIpc) is 3.05. The van der Waals surface area contributed by atoms with Crippen molar-refractivity contribution in [2.24, 2.45) is 10.2 Å². The van der Waals surface area contributed by atoms with Crippen molar-refractivity contribution in [2.45, 2.75) is 21.5 Å². The van der Waals surface area contributed by atoms with Gasteiger partial charge in [0.1, 0.15) is 37.4 Å². The van der Waals surface area contributed by atoms with Crippen LogP contribution in [-0.4, -0.2) is 121 Å². The Morgan fingerprint density at radius 3 is 2.04 bits per heavy atom. The van der Waals surface area contributed by atoms with Crippen LogP contribution in [0.2, 0.25) is 0 Å². The van der Waals surface area contributed by atoms with Gasteiger partial charge in [-0.15, -0.1) is 10.2 Å². The molecule has 0 saturated carbocycles. The summed E-state index contributed by atoms with van der Waals surface area (Å²) in [4.78, 5) is 14.5. The molecule has 0 unspecified atom stereocenters. The van der Waals surface area contributed by atoms with E-state index in [-0.39, 0.29) is 166 Å². The van der Waals surface area contributed by atoms with Gasteiger partial charge in [-0.1, -0.05) is 23.9 Å². The smallest absolute Gasteiger partial charge is 0.748 e. The fraction of sp³-hybridized carbons (Fsp3) is 0.321. The fourth-order valence-electron chi connectivity index (χ4n) is 4.75. The number of aromatic nitrogens is 3. The minimum Gasteiger partial charge on any atom is -0.748 e. The van der Waals surface area contributed by atoms with Crippen LogP contribution in [0, 0.1) is 0 Å². The van der Waals surface area contributed by atoms with E-state index < -0.39 is 57.3 Å². The van der Waals surface area contributed by atoms with Crippen molar-refractivity contribution in [1.82, 2.24) is 15.0 Å². The molecule has 4 rings (SSSR count). The molecule has 1 heterocycles. The average molecular weight is 869 g/mol. The van der Waals surface area contributed by atoms with E-state index in [2.05, 4.69) is 30.5 Å². The third kappa shape index (κ3) is 14.5. The summed E-state index contributed by atoms with van der Waals surface area (Å²) in [5.74, 6) is -1.48. The van der Waals surface area contributed by atoms with Crippen LogP contribution in [0.15, 0.2) is 67.6 Å². The van der Waals surface area contributed by atoms with E-state index in [1.807, 2.05) is 0 Å². The number of thioether (sulfide) groups is 1. The van der Waals surface area contributed by atoms with Crippen LogP contribution >= 0.6 is 11.8 Å². The van der Waals surface area contributed by atoms with Gasteiger partial charge in [-0.2, -0.15) is 15.0 Å². The van der Waals surface area contributed by atoms with Crippen LogP contribution in [0.25, 0.3) is 10.8 Å². The normalized spacial score (nSPS) is 11.8. The fourth-order valence-corrected chi connectivity index (χ4v) is 7.49. The topological polar surface area (TPSA) is 314 Å². The minimum atomic E-state index is -5.11. The molecule has 0 amide bonds.